The molecule has 5 unspecified atom stereocenters. The smallest absolute Gasteiger partial charge is 0.123 e. The fourth-order valence-electron chi connectivity index (χ4n) is 4.77. The highest BCUT2D eigenvalue weighted by atomic mass is 16.5. The van der Waals surface area contributed by atoms with Crippen molar-refractivity contribution in [2.75, 3.05) is 6.61 Å². The first kappa shape index (κ1) is 16.7. The summed E-state index contributed by atoms with van der Waals surface area (Å²) < 4.78 is 6.32. The highest BCUT2D eigenvalue weighted by Gasteiger charge is 2.64. The quantitative estimate of drug-likeness (QED) is 0.520. The third-order valence-corrected chi connectivity index (χ3v) is 6.27. The topological polar surface area (TPSA) is 26.3 Å². The summed E-state index contributed by atoms with van der Waals surface area (Å²) in [6, 6.07) is 0. The first-order valence-corrected chi connectivity index (χ1v) is 8.81. The van der Waals surface area contributed by atoms with Crippen molar-refractivity contribution in [1.29, 1.82) is 0 Å². The van der Waals surface area contributed by atoms with Gasteiger partial charge in [-0.3, -0.25) is 0 Å². The van der Waals surface area contributed by atoms with Crippen LogP contribution in [0.5, 0.6) is 0 Å². The summed E-state index contributed by atoms with van der Waals surface area (Å²) in [5, 5.41) is 0. The predicted octanol–water partition coefficient (Wildman–Crippen LogP) is 4.78. The van der Waals surface area contributed by atoms with Gasteiger partial charge in [0.1, 0.15) is 6.29 Å². The maximum Gasteiger partial charge on any atom is 0.123 e. The molecule has 1 aliphatic carbocycles. The molecule has 0 aromatic carbocycles. The number of rotatable bonds is 6. The molecule has 1 spiro atoms. The lowest BCUT2D eigenvalue weighted by molar-refractivity contribution is -0.309. The SMILES string of the molecule is C/C=C/C1CC(C=O)C(C)CC12OCC2(CC)CCCC. The third-order valence-electron chi connectivity index (χ3n) is 6.27. The minimum atomic E-state index is -0.0116. The Labute approximate surface area is 130 Å². The normalized spacial score (nSPS) is 43.1. The molecule has 0 amide bonds. The molecule has 2 aliphatic rings. The van der Waals surface area contributed by atoms with Gasteiger partial charge in [0.2, 0.25) is 0 Å². The van der Waals surface area contributed by atoms with Crippen molar-refractivity contribution in [3.63, 3.8) is 0 Å². The summed E-state index contributed by atoms with van der Waals surface area (Å²) >= 11 is 0. The van der Waals surface area contributed by atoms with Crippen LogP contribution >= 0.6 is 0 Å². The zero-order chi connectivity index (χ0) is 15.5. The number of ether oxygens (including phenoxy) is 1. The van der Waals surface area contributed by atoms with Crippen molar-refractivity contribution in [3.05, 3.63) is 12.2 Å². The van der Waals surface area contributed by atoms with Crippen molar-refractivity contribution in [2.45, 2.75) is 71.8 Å². The number of aldehydes is 1. The van der Waals surface area contributed by atoms with Crippen LogP contribution in [0.15, 0.2) is 12.2 Å². The summed E-state index contributed by atoms with van der Waals surface area (Å²) in [4.78, 5) is 11.4. The van der Waals surface area contributed by atoms with Gasteiger partial charge in [-0.05, 0) is 38.5 Å². The fourth-order valence-corrected chi connectivity index (χ4v) is 4.77. The Hall–Kier alpha value is -0.630. The molecule has 0 radical (unpaired) electrons. The van der Waals surface area contributed by atoms with Crippen molar-refractivity contribution in [1.82, 2.24) is 0 Å². The second-order valence-corrected chi connectivity index (χ2v) is 7.26. The lowest BCUT2D eigenvalue weighted by atomic mass is 9.51. The Morgan fingerprint density at radius 1 is 1.33 bits per heavy atom. The average Bonchev–Trinajstić information content (AvgIpc) is 2.48. The molecule has 2 nitrogen and oxygen atoms in total. The van der Waals surface area contributed by atoms with Gasteiger partial charge in [0.15, 0.2) is 0 Å². The van der Waals surface area contributed by atoms with Crippen LogP contribution in [-0.4, -0.2) is 18.5 Å². The molecule has 0 bridgehead atoms. The zero-order valence-corrected chi connectivity index (χ0v) is 14.2. The molecule has 2 fully saturated rings. The molecule has 1 heterocycles. The van der Waals surface area contributed by atoms with E-state index in [-0.39, 0.29) is 11.5 Å². The van der Waals surface area contributed by atoms with E-state index in [0.717, 1.165) is 19.4 Å². The molecular formula is C19H32O2. The minimum Gasteiger partial charge on any atom is -0.373 e. The van der Waals surface area contributed by atoms with Crippen LogP contribution < -0.4 is 0 Å². The molecule has 120 valence electrons. The van der Waals surface area contributed by atoms with Crippen molar-refractivity contribution < 1.29 is 9.53 Å². The monoisotopic (exact) mass is 292 g/mol. The van der Waals surface area contributed by atoms with E-state index in [2.05, 4.69) is 39.8 Å². The Balaban J connectivity index is 2.30. The number of allylic oxidation sites excluding steroid dienone is 1. The van der Waals surface area contributed by atoms with Crippen LogP contribution in [0.3, 0.4) is 0 Å². The van der Waals surface area contributed by atoms with E-state index >= 15 is 0 Å². The lowest BCUT2D eigenvalue weighted by Gasteiger charge is -2.65. The van der Waals surface area contributed by atoms with Crippen molar-refractivity contribution in [3.8, 4) is 0 Å². The van der Waals surface area contributed by atoms with Gasteiger partial charge in [-0.15, -0.1) is 0 Å². The molecule has 21 heavy (non-hydrogen) atoms. The number of carbonyl (C=O) groups is 1. The first-order chi connectivity index (χ1) is 10.1. The van der Waals surface area contributed by atoms with Crippen LogP contribution in [0.25, 0.3) is 0 Å². The molecule has 0 aromatic rings. The molecule has 1 saturated heterocycles. The fraction of sp³-hybridized carbons (Fsp3) is 0.842. The summed E-state index contributed by atoms with van der Waals surface area (Å²) in [6.07, 6.45) is 12.6. The second kappa shape index (κ2) is 6.64. The van der Waals surface area contributed by atoms with Crippen LogP contribution in [-0.2, 0) is 9.53 Å². The van der Waals surface area contributed by atoms with Gasteiger partial charge < -0.3 is 9.53 Å². The highest BCUT2D eigenvalue weighted by molar-refractivity contribution is 5.54. The number of carbonyl (C=O) groups excluding carboxylic acids is 1. The number of unbranched alkanes of at least 4 members (excludes halogenated alkanes) is 1. The summed E-state index contributed by atoms with van der Waals surface area (Å²) in [5.41, 5.74) is 0.317. The molecule has 2 rings (SSSR count). The van der Waals surface area contributed by atoms with Crippen molar-refractivity contribution in [2.24, 2.45) is 23.2 Å². The van der Waals surface area contributed by atoms with E-state index in [1.807, 2.05) is 0 Å². The van der Waals surface area contributed by atoms with Gasteiger partial charge in [-0.2, -0.15) is 0 Å². The lowest BCUT2D eigenvalue weighted by Crippen LogP contribution is -2.68. The summed E-state index contributed by atoms with van der Waals surface area (Å²) in [5.74, 6) is 1.04. The Morgan fingerprint density at radius 2 is 2.10 bits per heavy atom. The van der Waals surface area contributed by atoms with Gasteiger partial charge in [0.25, 0.3) is 0 Å². The van der Waals surface area contributed by atoms with E-state index in [0.29, 0.717) is 17.3 Å². The summed E-state index contributed by atoms with van der Waals surface area (Å²) in [6.45, 7) is 9.82. The van der Waals surface area contributed by atoms with E-state index in [1.165, 1.54) is 32.0 Å². The molecule has 0 aromatic heterocycles. The highest BCUT2D eigenvalue weighted by Crippen LogP contribution is 2.61. The number of hydrogen-bond donors (Lipinski definition) is 0. The van der Waals surface area contributed by atoms with E-state index in [4.69, 9.17) is 4.74 Å². The summed E-state index contributed by atoms with van der Waals surface area (Å²) in [7, 11) is 0. The van der Waals surface area contributed by atoms with E-state index < -0.39 is 0 Å². The van der Waals surface area contributed by atoms with E-state index in [1.54, 1.807) is 0 Å². The Bertz CT molecular complexity index is 385. The Morgan fingerprint density at radius 3 is 2.57 bits per heavy atom. The van der Waals surface area contributed by atoms with Gasteiger partial charge >= 0.3 is 0 Å². The minimum absolute atomic E-state index is 0.0116. The van der Waals surface area contributed by atoms with Crippen LogP contribution in [0.2, 0.25) is 0 Å². The van der Waals surface area contributed by atoms with Gasteiger partial charge in [0.05, 0.1) is 12.2 Å². The molecular weight excluding hydrogens is 260 g/mol. The van der Waals surface area contributed by atoms with Gasteiger partial charge in [0, 0.05) is 17.3 Å². The number of hydrogen-bond acceptors (Lipinski definition) is 2. The van der Waals surface area contributed by atoms with Crippen LogP contribution in [0.4, 0.5) is 0 Å². The molecule has 1 aliphatic heterocycles. The van der Waals surface area contributed by atoms with E-state index in [9.17, 15) is 4.79 Å². The molecule has 2 heteroatoms. The zero-order valence-electron chi connectivity index (χ0n) is 14.2. The van der Waals surface area contributed by atoms with Crippen molar-refractivity contribution >= 4 is 6.29 Å². The maximum atomic E-state index is 11.4. The maximum absolute atomic E-state index is 11.4. The van der Waals surface area contributed by atoms with Crippen LogP contribution in [0, 0.1) is 23.2 Å². The molecule has 1 saturated carbocycles. The average molecular weight is 292 g/mol. The largest absolute Gasteiger partial charge is 0.373 e. The first-order valence-electron chi connectivity index (χ1n) is 8.81. The standard InChI is InChI=1S/C19H32O2/c1-5-8-10-18(7-3)14-21-19(18)12-15(4)16(13-20)11-17(19)9-6-2/h6,9,13,15-17H,5,7-8,10-12,14H2,1-4H3/b9-6+. The van der Waals surface area contributed by atoms with Crippen LogP contribution in [0.1, 0.15) is 66.2 Å². The predicted molar refractivity (Wildman–Crippen MR) is 87.2 cm³/mol. The Kier molecular flexibility index (Phi) is 5.29. The third kappa shape index (κ3) is 2.60. The second-order valence-electron chi connectivity index (χ2n) is 7.26. The van der Waals surface area contributed by atoms with Gasteiger partial charge in [-0.1, -0.05) is 45.8 Å². The molecule has 5 atom stereocenters. The van der Waals surface area contributed by atoms with Gasteiger partial charge in [-0.25, -0.2) is 0 Å². The molecule has 0 N–H and O–H groups in total.